The maximum absolute atomic E-state index is 12.5. The maximum Gasteiger partial charge on any atom is 0.361 e. The number of hydrogen-bond donors (Lipinski definition) is 0. The van der Waals surface area contributed by atoms with Gasteiger partial charge in [0.15, 0.2) is 6.54 Å². The minimum Gasteiger partial charge on any atom is -0.462 e. The standard InChI is InChI=1S/C28H58NO2/c1-5-9-12-15-18-21-24-29(27-28(30)31-8-4,25-22-19-16-13-10-6-2)26-23-20-17-14-11-7-3/h5-27H2,1-4H3/q+1. The first-order chi connectivity index (χ1) is 15.1. The smallest absolute Gasteiger partial charge is 0.361 e. The van der Waals surface area contributed by atoms with Gasteiger partial charge < -0.3 is 9.22 Å². The highest BCUT2D eigenvalue weighted by atomic mass is 16.5. The van der Waals surface area contributed by atoms with Gasteiger partial charge in [0.1, 0.15) is 0 Å². The van der Waals surface area contributed by atoms with Gasteiger partial charge in [-0.05, 0) is 45.4 Å². The molecule has 0 aromatic carbocycles. The van der Waals surface area contributed by atoms with Crippen molar-refractivity contribution in [3.8, 4) is 0 Å². The van der Waals surface area contributed by atoms with Crippen molar-refractivity contribution in [3.63, 3.8) is 0 Å². The zero-order valence-electron chi connectivity index (χ0n) is 22.0. The van der Waals surface area contributed by atoms with Gasteiger partial charge >= 0.3 is 5.97 Å². The number of quaternary nitrogens is 1. The van der Waals surface area contributed by atoms with E-state index in [1.807, 2.05) is 6.92 Å². The van der Waals surface area contributed by atoms with Crippen molar-refractivity contribution in [2.75, 3.05) is 32.8 Å². The Hall–Kier alpha value is -0.570. The Bertz CT molecular complexity index is 342. The quantitative estimate of drug-likeness (QED) is 0.0854. The second kappa shape index (κ2) is 22.6. The lowest BCUT2D eigenvalue weighted by atomic mass is 10.1. The molecule has 0 spiro atoms. The molecule has 0 aliphatic carbocycles. The van der Waals surface area contributed by atoms with Crippen molar-refractivity contribution in [3.05, 3.63) is 0 Å². The van der Waals surface area contributed by atoms with E-state index in [1.165, 1.54) is 116 Å². The third-order valence-electron chi connectivity index (χ3n) is 6.73. The van der Waals surface area contributed by atoms with Crippen LogP contribution in [-0.2, 0) is 9.53 Å². The summed E-state index contributed by atoms with van der Waals surface area (Å²) < 4.78 is 6.40. The van der Waals surface area contributed by atoms with E-state index in [-0.39, 0.29) is 5.97 Å². The Kier molecular flexibility index (Phi) is 22.2. The number of esters is 1. The highest BCUT2D eigenvalue weighted by Crippen LogP contribution is 2.19. The number of ether oxygens (including phenoxy) is 1. The minimum atomic E-state index is 0.0189. The molecule has 0 fully saturated rings. The van der Waals surface area contributed by atoms with Gasteiger partial charge in [-0.15, -0.1) is 0 Å². The topological polar surface area (TPSA) is 26.3 Å². The third kappa shape index (κ3) is 18.7. The Labute approximate surface area is 196 Å². The van der Waals surface area contributed by atoms with Crippen LogP contribution in [0, 0.1) is 0 Å². The molecule has 0 saturated carbocycles. The molecule has 0 aromatic rings. The van der Waals surface area contributed by atoms with Gasteiger partial charge in [0.2, 0.25) is 0 Å². The molecule has 0 bridgehead atoms. The molecule has 0 radical (unpaired) electrons. The zero-order valence-corrected chi connectivity index (χ0v) is 22.0. The van der Waals surface area contributed by atoms with E-state index in [1.54, 1.807) is 0 Å². The largest absolute Gasteiger partial charge is 0.462 e. The fourth-order valence-corrected chi connectivity index (χ4v) is 4.74. The van der Waals surface area contributed by atoms with Crippen LogP contribution < -0.4 is 0 Å². The molecule has 0 heterocycles. The second-order valence-electron chi connectivity index (χ2n) is 9.78. The van der Waals surface area contributed by atoms with Gasteiger partial charge in [-0.1, -0.05) is 97.8 Å². The lowest BCUT2D eigenvalue weighted by Gasteiger charge is -2.38. The van der Waals surface area contributed by atoms with Crippen molar-refractivity contribution < 1.29 is 14.0 Å². The Morgan fingerprint density at radius 1 is 0.516 bits per heavy atom. The third-order valence-corrected chi connectivity index (χ3v) is 6.73. The SMILES string of the molecule is CCCCCCCC[N+](CCCCCCCC)(CCCCCCCC)CC(=O)OCC. The van der Waals surface area contributed by atoms with Gasteiger partial charge in [0.05, 0.1) is 26.2 Å². The molecular formula is C28H58NO2+. The molecule has 0 aliphatic rings. The number of carbonyl (C=O) groups is 1. The summed E-state index contributed by atoms with van der Waals surface area (Å²) in [6, 6.07) is 0. The molecule has 0 N–H and O–H groups in total. The molecule has 0 aliphatic heterocycles. The molecule has 0 unspecified atom stereocenters. The number of nitrogens with zero attached hydrogens (tertiary/aromatic N) is 1. The van der Waals surface area contributed by atoms with Gasteiger partial charge in [0, 0.05) is 0 Å². The first kappa shape index (κ1) is 30.4. The number of carbonyl (C=O) groups excluding carboxylic acids is 1. The molecule has 0 atom stereocenters. The van der Waals surface area contributed by atoms with Crippen molar-refractivity contribution in [2.45, 2.75) is 143 Å². The van der Waals surface area contributed by atoms with Crippen molar-refractivity contribution in [1.29, 1.82) is 0 Å². The minimum absolute atomic E-state index is 0.0189. The summed E-state index contributed by atoms with van der Waals surface area (Å²) in [4.78, 5) is 12.5. The van der Waals surface area contributed by atoms with Crippen LogP contribution in [0.2, 0.25) is 0 Å². The van der Waals surface area contributed by atoms with Crippen molar-refractivity contribution in [1.82, 2.24) is 0 Å². The predicted octanol–water partition coefficient (Wildman–Crippen LogP) is 8.45. The predicted molar refractivity (Wildman–Crippen MR) is 136 cm³/mol. The average molecular weight is 441 g/mol. The van der Waals surface area contributed by atoms with E-state index in [4.69, 9.17) is 4.74 Å². The van der Waals surface area contributed by atoms with E-state index >= 15 is 0 Å². The molecule has 0 aromatic heterocycles. The van der Waals surface area contributed by atoms with Crippen LogP contribution in [-0.4, -0.2) is 43.2 Å². The molecule has 3 nitrogen and oxygen atoms in total. The number of unbranched alkanes of at least 4 members (excludes halogenated alkanes) is 15. The molecule has 186 valence electrons. The highest BCUT2D eigenvalue weighted by Gasteiger charge is 2.30. The maximum atomic E-state index is 12.5. The van der Waals surface area contributed by atoms with Crippen LogP contribution in [0.1, 0.15) is 143 Å². The summed E-state index contributed by atoms with van der Waals surface area (Å²) >= 11 is 0. The Morgan fingerprint density at radius 2 is 0.839 bits per heavy atom. The summed E-state index contributed by atoms with van der Waals surface area (Å²) in [5, 5.41) is 0. The second-order valence-corrected chi connectivity index (χ2v) is 9.78. The molecule has 31 heavy (non-hydrogen) atoms. The van der Waals surface area contributed by atoms with Crippen LogP contribution in [0.4, 0.5) is 0 Å². The summed E-state index contributed by atoms with van der Waals surface area (Å²) in [5.41, 5.74) is 0. The molecule has 0 rings (SSSR count). The summed E-state index contributed by atoms with van der Waals surface area (Å²) in [6.45, 7) is 13.4. The van der Waals surface area contributed by atoms with E-state index in [2.05, 4.69) is 20.8 Å². The summed E-state index contributed by atoms with van der Waals surface area (Å²) in [7, 11) is 0. The van der Waals surface area contributed by atoms with Crippen molar-refractivity contribution >= 4 is 5.97 Å². The van der Waals surface area contributed by atoms with Gasteiger partial charge in [-0.25, -0.2) is 4.79 Å². The van der Waals surface area contributed by atoms with Gasteiger partial charge in [-0.3, -0.25) is 0 Å². The zero-order chi connectivity index (χ0) is 23.0. The molecule has 0 saturated heterocycles. The monoisotopic (exact) mass is 440 g/mol. The van der Waals surface area contributed by atoms with E-state index in [0.717, 1.165) is 24.1 Å². The summed E-state index contributed by atoms with van der Waals surface area (Å²) in [5.74, 6) is 0.0189. The fraction of sp³-hybridized carbons (Fsp3) is 0.964. The van der Waals surface area contributed by atoms with Crippen molar-refractivity contribution in [2.24, 2.45) is 0 Å². The first-order valence-corrected chi connectivity index (χ1v) is 14.1. The number of rotatable bonds is 24. The normalized spacial score (nSPS) is 11.7. The highest BCUT2D eigenvalue weighted by molar-refractivity contribution is 5.70. The molecule has 3 heteroatoms. The molecule has 0 amide bonds. The first-order valence-electron chi connectivity index (χ1n) is 14.1. The lowest BCUT2D eigenvalue weighted by molar-refractivity contribution is -0.922. The van der Waals surface area contributed by atoms with E-state index < -0.39 is 0 Å². The molecular weight excluding hydrogens is 382 g/mol. The van der Waals surface area contributed by atoms with Gasteiger partial charge in [-0.2, -0.15) is 0 Å². The summed E-state index contributed by atoms with van der Waals surface area (Å²) in [6.07, 6.45) is 23.9. The lowest BCUT2D eigenvalue weighted by Crippen LogP contribution is -2.53. The Balaban J connectivity index is 4.82. The van der Waals surface area contributed by atoms with E-state index in [9.17, 15) is 4.79 Å². The van der Waals surface area contributed by atoms with Crippen LogP contribution in [0.15, 0.2) is 0 Å². The van der Waals surface area contributed by atoms with Crippen LogP contribution in [0.3, 0.4) is 0 Å². The fourth-order valence-electron chi connectivity index (χ4n) is 4.74. The Morgan fingerprint density at radius 3 is 1.16 bits per heavy atom. The van der Waals surface area contributed by atoms with E-state index in [0.29, 0.717) is 13.2 Å². The van der Waals surface area contributed by atoms with Crippen LogP contribution >= 0.6 is 0 Å². The van der Waals surface area contributed by atoms with Crippen LogP contribution in [0.25, 0.3) is 0 Å². The average Bonchev–Trinajstić information content (AvgIpc) is 2.75. The van der Waals surface area contributed by atoms with Gasteiger partial charge in [0.25, 0.3) is 0 Å². The van der Waals surface area contributed by atoms with Crippen LogP contribution in [0.5, 0.6) is 0 Å². The number of hydrogen-bond acceptors (Lipinski definition) is 2.